The Morgan fingerprint density at radius 1 is 0.559 bits per heavy atom. The summed E-state index contributed by atoms with van der Waals surface area (Å²) in [5.74, 6) is -0.392. The van der Waals surface area contributed by atoms with Gasteiger partial charge in [0.1, 0.15) is 0 Å². The lowest BCUT2D eigenvalue weighted by Gasteiger charge is -2.24. The minimum atomic E-state index is -0.196. The van der Waals surface area contributed by atoms with Crippen molar-refractivity contribution >= 4 is 45.7 Å². The Hall–Kier alpha value is -4.58. The van der Waals surface area contributed by atoms with Gasteiger partial charge in [0.05, 0.1) is 22.5 Å². The second kappa shape index (κ2) is 8.08. The van der Waals surface area contributed by atoms with Gasteiger partial charge in [-0.05, 0) is 73.5 Å². The third kappa shape index (κ3) is 3.55. The number of fused-ring (bicyclic) bond motifs is 2. The number of nitrogens with two attached hydrogens (primary N) is 2. The minimum Gasteiger partial charge on any atom is -0.399 e. The molecule has 1 aliphatic rings. The first-order valence-electron chi connectivity index (χ1n) is 10.9. The highest BCUT2D eigenvalue weighted by atomic mass is 16.1. The van der Waals surface area contributed by atoms with E-state index in [0.717, 1.165) is 22.5 Å². The summed E-state index contributed by atoms with van der Waals surface area (Å²) in [6.45, 7) is 3.88. The molecule has 0 radical (unpaired) electrons. The van der Waals surface area contributed by atoms with E-state index in [9.17, 15) is 9.59 Å². The van der Waals surface area contributed by atoms with E-state index in [4.69, 9.17) is 11.5 Å². The average molecular weight is 449 g/mol. The standard InChI is InChI=1S/C28H24N4O2/c1-15-13-17(29)9-11-21(15)31-23-7-3-5-19-25(23)27(33)20-6-4-8-24(26(20)28(19)34)32-22-12-10-18(30)14-16(22)2/h3-14,31-32H,29-30H2,1-2H3. The summed E-state index contributed by atoms with van der Waals surface area (Å²) in [6.07, 6.45) is 0. The summed E-state index contributed by atoms with van der Waals surface area (Å²) >= 11 is 0. The summed E-state index contributed by atoms with van der Waals surface area (Å²) < 4.78 is 0. The van der Waals surface area contributed by atoms with Crippen LogP contribution >= 0.6 is 0 Å². The molecule has 0 amide bonds. The molecule has 0 saturated heterocycles. The Labute approximate surface area is 197 Å². The maximum atomic E-state index is 13.7. The Bertz CT molecular complexity index is 1380. The molecule has 6 heteroatoms. The molecule has 5 rings (SSSR count). The fourth-order valence-corrected chi connectivity index (χ4v) is 4.39. The predicted molar refractivity (Wildman–Crippen MR) is 137 cm³/mol. The second-order valence-corrected chi connectivity index (χ2v) is 8.51. The third-order valence-corrected chi connectivity index (χ3v) is 6.11. The van der Waals surface area contributed by atoms with Crippen LogP contribution in [0.3, 0.4) is 0 Å². The number of benzene rings is 4. The van der Waals surface area contributed by atoms with Gasteiger partial charge >= 0.3 is 0 Å². The molecule has 0 unspecified atom stereocenters. The number of anilines is 6. The molecule has 0 bridgehead atoms. The van der Waals surface area contributed by atoms with Crippen molar-refractivity contribution < 1.29 is 9.59 Å². The van der Waals surface area contributed by atoms with Crippen molar-refractivity contribution in [2.75, 3.05) is 22.1 Å². The molecule has 4 aromatic carbocycles. The van der Waals surface area contributed by atoms with Crippen molar-refractivity contribution in [3.05, 3.63) is 106 Å². The number of carbonyl (C=O) groups excluding carboxylic acids is 2. The summed E-state index contributed by atoms with van der Waals surface area (Å²) in [6, 6.07) is 21.6. The molecule has 4 aromatic rings. The molecular weight excluding hydrogens is 424 g/mol. The lowest BCUT2D eigenvalue weighted by Crippen LogP contribution is -2.23. The van der Waals surface area contributed by atoms with Crippen LogP contribution < -0.4 is 22.1 Å². The van der Waals surface area contributed by atoms with Crippen LogP contribution in [-0.2, 0) is 0 Å². The van der Waals surface area contributed by atoms with E-state index in [1.807, 2.05) is 50.2 Å². The average Bonchev–Trinajstić information content (AvgIpc) is 2.81. The van der Waals surface area contributed by atoms with E-state index in [1.165, 1.54) is 0 Å². The van der Waals surface area contributed by atoms with Crippen LogP contribution in [0, 0.1) is 13.8 Å². The predicted octanol–water partition coefficient (Wildman–Crippen LogP) is 5.73. The summed E-state index contributed by atoms with van der Waals surface area (Å²) in [5.41, 5.74) is 19.3. The third-order valence-electron chi connectivity index (χ3n) is 6.11. The highest BCUT2D eigenvalue weighted by Gasteiger charge is 2.33. The molecule has 6 N–H and O–H groups in total. The van der Waals surface area contributed by atoms with Gasteiger partial charge < -0.3 is 22.1 Å². The molecule has 0 saturated carbocycles. The zero-order valence-electron chi connectivity index (χ0n) is 18.9. The molecule has 0 fully saturated rings. The van der Waals surface area contributed by atoms with Gasteiger partial charge in [-0.3, -0.25) is 9.59 Å². The van der Waals surface area contributed by atoms with E-state index in [0.29, 0.717) is 45.0 Å². The van der Waals surface area contributed by atoms with E-state index in [-0.39, 0.29) is 11.6 Å². The second-order valence-electron chi connectivity index (χ2n) is 8.51. The van der Waals surface area contributed by atoms with Gasteiger partial charge in [0.2, 0.25) is 0 Å². The van der Waals surface area contributed by atoms with Gasteiger partial charge in [0, 0.05) is 33.9 Å². The number of aryl methyl sites for hydroxylation is 2. The zero-order chi connectivity index (χ0) is 24.0. The van der Waals surface area contributed by atoms with Crippen LogP contribution in [0.25, 0.3) is 0 Å². The Balaban J connectivity index is 1.58. The molecule has 0 aliphatic heterocycles. The maximum absolute atomic E-state index is 13.7. The van der Waals surface area contributed by atoms with E-state index in [1.54, 1.807) is 36.4 Å². The number of carbonyl (C=O) groups is 2. The highest BCUT2D eigenvalue weighted by molar-refractivity contribution is 6.32. The number of hydrogen-bond donors (Lipinski definition) is 4. The molecule has 0 atom stereocenters. The Kier molecular flexibility index (Phi) is 5.06. The smallest absolute Gasteiger partial charge is 0.196 e. The van der Waals surface area contributed by atoms with Gasteiger partial charge in [-0.25, -0.2) is 0 Å². The highest BCUT2D eigenvalue weighted by Crippen LogP contribution is 2.38. The van der Waals surface area contributed by atoms with Crippen LogP contribution in [0.15, 0.2) is 72.8 Å². The number of nitrogen functional groups attached to an aromatic ring is 2. The van der Waals surface area contributed by atoms with Gasteiger partial charge in [-0.15, -0.1) is 0 Å². The van der Waals surface area contributed by atoms with Crippen molar-refractivity contribution in [2.24, 2.45) is 0 Å². The molecule has 168 valence electrons. The normalized spacial score (nSPS) is 12.2. The number of rotatable bonds is 4. The van der Waals surface area contributed by atoms with Gasteiger partial charge in [-0.2, -0.15) is 0 Å². The number of hydrogen-bond acceptors (Lipinski definition) is 6. The first-order valence-corrected chi connectivity index (χ1v) is 10.9. The van der Waals surface area contributed by atoms with Crippen molar-refractivity contribution in [2.45, 2.75) is 13.8 Å². The zero-order valence-corrected chi connectivity index (χ0v) is 18.9. The van der Waals surface area contributed by atoms with Crippen LogP contribution in [0.5, 0.6) is 0 Å². The monoisotopic (exact) mass is 448 g/mol. The summed E-state index contributed by atoms with van der Waals surface area (Å²) in [4.78, 5) is 27.3. The molecule has 6 nitrogen and oxygen atoms in total. The first-order chi connectivity index (χ1) is 16.3. The molecule has 0 spiro atoms. The van der Waals surface area contributed by atoms with Crippen LogP contribution in [0.1, 0.15) is 43.0 Å². The lowest BCUT2D eigenvalue weighted by molar-refractivity contribution is 0.0980. The molecule has 0 aromatic heterocycles. The fourth-order valence-electron chi connectivity index (χ4n) is 4.39. The topological polar surface area (TPSA) is 110 Å². The largest absolute Gasteiger partial charge is 0.399 e. The molecule has 0 heterocycles. The summed E-state index contributed by atoms with van der Waals surface area (Å²) in [5, 5.41) is 6.64. The van der Waals surface area contributed by atoms with Crippen LogP contribution in [-0.4, -0.2) is 11.6 Å². The van der Waals surface area contributed by atoms with Crippen LogP contribution in [0.2, 0.25) is 0 Å². The fraction of sp³-hybridized carbons (Fsp3) is 0.0714. The van der Waals surface area contributed by atoms with E-state index >= 15 is 0 Å². The van der Waals surface area contributed by atoms with Gasteiger partial charge in [0.15, 0.2) is 11.6 Å². The molecule has 34 heavy (non-hydrogen) atoms. The quantitative estimate of drug-likeness (QED) is 0.261. The molecular formula is C28H24N4O2. The summed E-state index contributed by atoms with van der Waals surface area (Å²) in [7, 11) is 0. The van der Waals surface area contributed by atoms with Gasteiger partial charge in [0.25, 0.3) is 0 Å². The van der Waals surface area contributed by atoms with E-state index < -0.39 is 0 Å². The van der Waals surface area contributed by atoms with Gasteiger partial charge in [-0.1, -0.05) is 24.3 Å². The number of ketones is 2. The van der Waals surface area contributed by atoms with Crippen molar-refractivity contribution in [1.82, 2.24) is 0 Å². The van der Waals surface area contributed by atoms with E-state index in [2.05, 4.69) is 10.6 Å². The van der Waals surface area contributed by atoms with Crippen molar-refractivity contribution in [3.8, 4) is 0 Å². The lowest BCUT2D eigenvalue weighted by atomic mass is 9.82. The molecule has 1 aliphatic carbocycles. The van der Waals surface area contributed by atoms with Crippen LogP contribution in [0.4, 0.5) is 34.1 Å². The first kappa shape index (κ1) is 21.3. The minimum absolute atomic E-state index is 0.196. The van der Waals surface area contributed by atoms with Crippen molar-refractivity contribution in [3.63, 3.8) is 0 Å². The SMILES string of the molecule is Cc1cc(N)ccc1Nc1cccc2c1C(=O)c1cccc(Nc3ccc(N)cc3C)c1C2=O. The Morgan fingerprint density at radius 2 is 0.971 bits per heavy atom. The number of nitrogens with one attached hydrogen (secondary N) is 2. The Morgan fingerprint density at radius 3 is 1.35 bits per heavy atom. The maximum Gasteiger partial charge on any atom is 0.196 e. The van der Waals surface area contributed by atoms with Crippen molar-refractivity contribution in [1.29, 1.82) is 0 Å².